The Morgan fingerprint density at radius 3 is 2.83 bits per heavy atom. The Labute approximate surface area is 134 Å². The summed E-state index contributed by atoms with van der Waals surface area (Å²) in [5, 5.41) is 0. The first-order valence-electron chi connectivity index (χ1n) is 7.88. The molecule has 0 N–H and O–H groups in total. The number of aromatic nitrogens is 2. The van der Waals surface area contributed by atoms with Crippen LogP contribution in [0.25, 0.3) is 5.52 Å². The summed E-state index contributed by atoms with van der Waals surface area (Å²) in [5.74, 6) is -0.423. The molecule has 1 aliphatic heterocycles. The molecule has 1 fully saturated rings. The highest BCUT2D eigenvalue weighted by Crippen LogP contribution is 2.28. The van der Waals surface area contributed by atoms with Crippen LogP contribution < -0.4 is 0 Å². The van der Waals surface area contributed by atoms with Crippen molar-refractivity contribution in [2.24, 2.45) is 5.92 Å². The number of fused-ring (bicyclic) bond motifs is 1. The van der Waals surface area contributed by atoms with Gasteiger partial charge in [0.05, 0.1) is 29.6 Å². The van der Waals surface area contributed by atoms with E-state index in [1.54, 1.807) is 36.8 Å². The molecule has 0 aromatic carbocycles. The second-order valence-corrected chi connectivity index (χ2v) is 5.65. The highest BCUT2D eigenvalue weighted by Gasteiger charge is 2.30. The number of esters is 1. The number of hydrogen-bond acceptors (Lipinski definition) is 5. The van der Waals surface area contributed by atoms with Gasteiger partial charge in [-0.3, -0.25) is 9.78 Å². The van der Waals surface area contributed by atoms with Crippen molar-refractivity contribution in [1.29, 1.82) is 0 Å². The normalized spacial score (nSPS) is 15.7. The molecular weight excluding hydrogens is 296 g/mol. The summed E-state index contributed by atoms with van der Waals surface area (Å²) < 4.78 is 12.2. The molecule has 6 heteroatoms. The average Bonchev–Trinajstić information content (AvgIpc) is 2.87. The molecule has 0 amide bonds. The van der Waals surface area contributed by atoms with E-state index >= 15 is 0 Å². The number of Topliss-reactive ketones (excluding diaryl/α,β-unsaturated/α-hetero) is 1. The van der Waals surface area contributed by atoms with Crippen molar-refractivity contribution in [2.75, 3.05) is 19.8 Å². The van der Waals surface area contributed by atoms with Gasteiger partial charge in [0.1, 0.15) is 0 Å². The molecule has 2 aromatic heterocycles. The van der Waals surface area contributed by atoms with E-state index in [1.165, 1.54) is 0 Å². The van der Waals surface area contributed by atoms with Gasteiger partial charge in [0.2, 0.25) is 0 Å². The van der Waals surface area contributed by atoms with Gasteiger partial charge in [0, 0.05) is 31.5 Å². The Balaban J connectivity index is 2.11. The second-order valence-electron chi connectivity index (χ2n) is 5.65. The minimum Gasteiger partial charge on any atom is -0.462 e. The minimum absolute atomic E-state index is 0.0579. The molecule has 0 atom stereocenters. The number of carbonyl (C=O) groups is 2. The van der Waals surface area contributed by atoms with Gasteiger partial charge in [0.25, 0.3) is 0 Å². The van der Waals surface area contributed by atoms with Gasteiger partial charge in [-0.25, -0.2) is 4.79 Å². The highest BCUT2D eigenvalue weighted by molar-refractivity contribution is 6.06. The summed E-state index contributed by atoms with van der Waals surface area (Å²) in [5.41, 5.74) is 2.25. The summed E-state index contributed by atoms with van der Waals surface area (Å²) in [6, 6.07) is 0. The summed E-state index contributed by atoms with van der Waals surface area (Å²) in [6.07, 6.45) is 6.36. The van der Waals surface area contributed by atoms with E-state index in [4.69, 9.17) is 9.47 Å². The Morgan fingerprint density at radius 2 is 2.13 bits per heavy atom. The maximum absolute atomic E-state index is 13.0. The van der Waals surface area contributed by atoms with E-state index in [2.05, 4.69) is 4.98 Å². The van der Waals surface area contributed by atoms with Gasteiger partial charge in [-0.15, -0.1) is 0 Å². The van der Waals surface area contributed by atoms with Crippen LogP contribution in [0, 0.1) is 12.8 Å². The molecule has 0 spiro atoms. The monoisotopic (exact) mass is 316 g/mol. The lowest BCUT2D eigenvalue weighted by molar-refractivity contribution is 0.0527. The standard InChI is InChI=1S/C17H20N2O4/c1-3-23-17(21)14-11(2)15(19-7-6-18-10-13(14)19)16(20)12-4-8-22-9-5-12/h6-7,10,12H,3-5,8-9H2,1-2H3. The predicted molar refractivity (Wildman–Crippen MR) is 83.8 cm³/mol. The lowest BCUT2D eigenvalue weighted by Crippen LogP contribution is -2.25. The van der Waals surface area contributed by atoms with Crippen LogP contribution in [-0.2, 0) is 9.47 Å². The second kappa shape index (κ2) is 6.50. The molecule has 3 heterocycles. The zero-order chi connectivity index (χ0) is 16.4. The fraction of sp³-hybridized carbons (Fsp3) is 0.471. The van der Waals surface area contributed by atoms with Crippen LogP contribution in [-0.4, -0.2) is 41.0 Å². The highest BCUT2D eigenvalue weighted by atomic mass is 16.5. The fourth-order valence-corrected chi connectivity index (χ4v) is 3.15. The SMILES string of the molecule is CCOC(=O)c1c(C)c(C(=O)C2CCOCC2)n2ccncc12. The van der Waals surface area contributed by atoms with E-state index in [0.29, 0.717) is 55.0 Å². The first kappa shape index (κ1) is 15.7. The van der Waals surface area contributed by atoms with Gasteiger partial charge in [-0.1, -0.05) is 0 Å². The molecule has 23 heavy (non-hydrogen) atoms. The van der Waals surface area contributed by atoms with Crippen molar-refractivity contribution in [3.05, 3.63) is 35.4 Å². The van der Waals surface area contributed by atoms with Crippen molar-refractivity contribution in [1.82, 2.24) is 9.38 Å². The van der Waals surface area contributed by atoms with Gasteiger partial charge in [-0.2, -0.15) is 0 Å². The molecule has 0 radical (unpaired) electrons. The van der Waals surface area contributed by atoms with Crippen molar-refractivity contribution in [2.45, 2.75) is 26.7 Å². The summed E-state index contributed by atoms with van der Waals surface area (Å²) in [4.78, 5) is 29.4. The number of ketones is 1. The number of carbonyl (C=O) groups excluding carboxylic acids is 2. The lowest BCUT2D eigenvalue weighted by Gasteiger charge is -2.21. The molecule has 6 nitrogen and oxygen atoms in total. The third kappa shape index (κ3) is 2.74. The number of hydrogen-bond donors (Lipinski definition) is 0. The van der Waals surface area contributed by atoms with Gasteiger partial charge in [-0.05, 0) is 32.3 Å². The Bertz CT molecular complexity index is 744. The molecule has 0 saturated carbocycles. The Kier molecular flexibility index (Phi) is 4.43. The van der Waals surface area contributed by atoms with Crippen LogP contribution in [0.2, 0.25) is 0 Å². The third-order valence-corrected chi connectivity index (χ3v) is 4.29. The quantitative estimate of drug-likeness (QED) is 0.640. The van der Waals surface area contributed by atoms with Crippen molar-refractivity contribution in [3.63, 3.8) is 0 Å². The molecule has 0 bridgehead atoms. The van der Waals surface area contributed by atoms with Crippen LogP contribution in [0.4, 0.5) is 0 Å². The number of rotatable bonds is 4. The fourth-order valence-electron chi connectivity index (χ4n) is 3.15. The molecule has 3 rings (SSSR count). The average molecular weight is 316 g/mol. The first-order valence-corrected chi connectivity index (χ1v) is 7.88. The molecule has 0 aliphatic carbocycles. The van der Waals surface area contributed by atoms with Crippen LogP contribution in [0.15, 0.2) is 18.6 Å². The van der Waals surface area contributed by atoms with Crippen LogP contribution in [0.3, 0.4) is 0 Å². The Hall–Kier alpha value is -2.21. The summed E-state index contributed by atoms with van der Waals surface area (Å²) in [6.45, 7) is 5.05. The van der Waals surface area contributed by atoms with Gasteiger partial charge < -0.3 is 13.9 Å². The smallest absolute Gasteiger partial charge is 0.340 e. The molecule has 0 unspecified atom stereocenters. The van der Waals surface area contributed by atoms with Gasteiger partial charge in [0.15, 0.2) is 5.78 Å². The topological polar surface area (TPSA) is 69.9 Å². The van der Waals surface area contributed by atoms with E-state index in [9.17, 15) is 9.59 Å². The molecule has 122 valence electrons. The van der Waals surface area contributed by atoms with Crippen LogP contribution >= 0.6 is 0 Å². The zero-order valence-corrected chi connectivity index (χ0v) is 13.4. The minimum atomic E-state index is -0.415. The maximum Gasteiger partial charge on any atom is 0.340 e. The summed E-state index contributed by atoms with van der Waals surface area (Å²) >= 11 is 0. The van der Waals surface area contributed by atoms with Crippen LogP contribution in [0.5, 0.6) is 0 Å². The Morgan fingerprint density at radius 1 is 1.39 bits per heavy atom. The molecule has 2 aromatic rings. The molecular formula is C17H20N2O4. The van der Waals surface area contributed by atoms with E-state index in [0.717, 1.165) is 0 Å². The van der Waals surface area contributed by atoms with Crippen LogP contribution in [0.1, 0.15) is 46.2 Å². The maximum atomic E-state index is 13.0. The van der Waals surface area contributed by atoms with Crippen molar-refractivity contribution in [3.8, 4) is 0 Å². The molecule has 1 saturated heterocycles. The lowest BCUT2D eigenvalue weighted by atomic mass is 9.92. The van der Waals surface area contributed by atoms with E-state index in [-0.39, 0.29) is 11.7 Å². The van der Waals surface area contributed by atoms with E-state index in [1.807, 2.05) is 0 Å². The predicted octanol–water partition coefficient (Wildman–Crippen LogP) is 2.43. The van der Waals surface area contributed by atoms with Crippen molar-refractivity contribution < 1.29 is 19.1 Å². The van der Waals surface area contributed by atoms with Gasteiger partial charge >= 0.3 is 5.97 Å². The van der Waals surface area contributed by atoms with E-state index < -0.39 is 5.97 Å². The number of ether oxygens (including phenoxy) is 2. The largest absolute Gasteiger partial charge is 0.462 e. The zero-order valence-electron chi connectivity index (χ0n) is 13.4. The van der Waals surface area contributed by atoms with Crippen molar-refractivity contribution >= 4 is 17.3 Å². The summed E-state index contributed by atoms with van der Waals surface area (Å²) in [7, 11) is 0. The number of nitrogens with zero attached hydrogens (tertiary/aromatic N) is 2. The first-order chi connectivity index (χ1) is 11.1. The molecule has 1 aliphatic rings. The third-order valence-electron chi connectivity index (χ3n) is 4.29.